The van der Waals surface area contributed by atoms with Crippen molar-refractivity contribution in [2.45, 2.75) is 0 Å². The minimum atomic E-state index is 0. The minimum Gasteiger partial charge on any atom is -0.345 e. The van der Waals surface area contributed by atoms with Crippen LogP contribution in [0.5, 0.6) is 0 Å². The van der Waals surface area contributed by atoms with E-state index in [-0.39, 0.29) is 12.4 Å². The second-order valence-electron chi connectivity index (χ2n) is 0.753. The molecule has 0 aliphatic carbocycles. The summed E-state index contributed by atoms with van der Waals surface area (Å²) < 4.78 is 0. The standard InChI is InChI=1S/C3H4O2.ClH/c1-2-4-5-3-1;/h1-2H,3H2;1H. The summed E-state index contributed by atoms with van der Waals surface area (Å²) in [5.74, 6) is 0. The van der Waals surface area contributed by atoms with Gasteiger partial charge in [0.15, 0.2) is 0 Å². The van der Waals surface area contributed by atoms with E-state index in [0.29, 0.717) is 6.61 Å². The van der Waals surface area contributed by atoms with E-state index in [1.54, 1.807) is 6.08 Å². The fourth-order valence-electron chi connectivity index (χ4n) is 0.196. The summed E-state index contributed by atoms with van der Waals surface area (Å²) in [6.07, 6.45) is 3.31. The predicted molar refractivity (Wildman–Crippen MR) is 23.4 cm³/mol. The highest BCUT2D eigenvalue weighted by Gasteiger charge is 1.84. The van der Waals surface area contributed by atoms with Crippen molar-refractivity contribution in [3.8, 4) is 0 Å². The van der Waals surface area contributed by atoms with E-state index < -0.39 is 0 Å². The van der Waals surface area contributed by atoms with Crippen LogP contribution in [0.3, 0.4) is 0 Å². The SMILES string of the molecule is C1=COOC1.Cl. The molecule has 6 heavy (non-hydrogen) atoms. The molecule has 0 fully saturated rings. The van der Waals surface area contributed by atoms with Gasteiger partial charge in [0.2, 0.25) is 0 Å². The molecule has 0 aromatic heterocycles. The Bertz CT molecular complexity index is 46.8. The van der Waals surface area contributed by atoms with Crippen LogP contribution in [0.2, 0.25) is 0 Å². The van der Waals surface area contributed by atoms with Crippen LogP contribution in [0, 0.1) is 0 Å². The lowest BCUT2D eigenvalue weighted by Crippen LogP contribution is -1.73. The average Bonchev–Trinajstić information content (AvgIpc) is 1.76. The highest BCUT2D eigenvalue weighted by molar-refractivity contribution is 5.85. The summed E-state index contributed by atoms with van der Waals surface area (Å²) in [4.78, 5) is 8.60. The molecular weight excluding hydrogens is 103 g/mol. The molecule has 0 unspecified atom stereocenters. The first-order valence-corrected chi connectivity index (χ1v) is 1.43. The van der Waals surface area contributed by atoms with Crippen molar-refractivity contribution in [1.82, 2.24) is 0 Å². The van der Waals surface area contributed by atoms with Gasteiger partial charge in [-0.2, -0.15) is 4.89 Å². The Kier molecular flexibility index (Phi) is 2.89. The van der Waals surface area contributed by atoms with Crippen molar-refractivity contribution in [3.05, 3.63) is 12.3 Å². The second-order valence-corrected chi connectivity index (χ2v) is 0.753. The molecule has 1 heterocycles. The molecule has 1 aliphatic heterocycles. The number of halogens is 1. The van der Waals surface area contributed by atoms with Crippen LogP contribution < -0.4 is 0 Å². The first-order chi connectivity index (χ1) is 2.50. The van der Waals surface area contributed by atoms with Gasteiger partial charge in [-0.15, -0.1) is 12.4 Å². The van der Waals surface area contributed by atoms with Gasteiger partial charge in [0, 0.05) is 0 Å². The maximum absolute atomic E-state index is 4.33. The molecule has 0 saturated carbocycles. The molecular formula is C3H5ClO2. The Balaban J connectivity index is 0.000000250. The first-order valence-electron chi connectivity index (χ1n) is 1.43. The lowest BCUT2D eigenvalue weighted by atomic mass is 10.7. The van der Waals surface area contributed by atoms with Gasteiger partial charge in [0.25, 0.3) is 0 Å². The Labute approximate surface area is 42.1 Å². The zero-order chi connectivity index (χ0) is 3.54. The van der Waals surface area contributed by atoms with Crippen molar-refractivity contribution in [1.29, 1.82) is 0 Å². The largest absolute Gasteiger partial charge is 0.345 e. The highest BCUT2D eigenvalue weighted by atomic mass is 35.5. The molecule has 0 aromatic rings. The third kappa shape index (κ3) is 1.29. The van der Waals surface area contributed by atoms with E-state index in [4.69, 9.17) is 0 Å². The van der Waals surface area contributed by atoms with Crippen molar-refractivity contribution < 1.29 is 9.78 Å². The smallest absolute Gasteiger partial charge is 0.128 e. The monoisotopic (exact) mass is 108 g/mol. The van der Waals surface area contributed by atoms with Gasteiger partial charge in [-0.1, -0.05) is 0 Å². The first kappa shape index (κ1) is 5.79. The van der Waals surface area contributed by atoms with E-state index >= 15 is 0 Å². The zero-order valence-corrected chi connectivity index (χ0v) is 3.90. The number of hydrogen-bond donors (Lipinski definition) is 0. The Morgan fingerprint density at radius 2 is 2.33 bits per heavy atom. The van der Waals surface area contributed by atoms with Gasteiger partial charge >= 0.3 is 0 Å². The maximum Gasteiger partial charge on any atom is 0.128 e. The number of rotatable bonds is 0. The summed E-state index contributed by atoms with van der Waals surface area (Å²) in [7, 11) is 0. The van der Waals surface area contributed by atoms with Crippen molar-refractivity contribution in [2.75, 3.05) is 6.61 Å². The fraction of sp³-hybridized carbons (Fsp3) is 0.333. The van der Waals surface area contributed by atoms with Gasteiger partial charge in [0.05, 0.1) is 0 Å². The molecule has 0 aromatic carbocycles. The zero-order valence-electron chi connectivity index (χ0n) is 3.09. The van der Waals surface area contributed by atoms with Gasteiger partial charge in [0.1, 0.15) is 12.9 Å². The summed E-state index contributed by atoms with van der Waals surface area (Å²) in [5.41, 5.74) is 0. The van der Waals surface area contributed by atoms with Crippen molar-refractivity contribution in [2.24, 2.45) is 0 Å². The van der Waals surface area contributed by atoms with Crippen molar-refractivity contribution >= 4 is 12.4 Å². The van der Waals surface area contributed by atoms with E-state index in [1.807, 2.05) is 0 Å². The fourth-order valence-corrected chi connectivity index (χ4v) is 0.196. The number of hydrogen-bond acceptors (Lipinski definition) is 2. The lowest BCUT2D eigenvalue weighted by molar-refractivity contribution is -0.221. The van der Waals surface area contributed by atoms with Crippen LogP contribution in [0.15, 0.2) is 12.3 Å². The molecule has 0 radical (unpaired) electrons. The van der Waals surface area contributed by atoms with Crippen LogP contribution in [0.1, 0.15) is 0 Å². The molecule has 0 N–H and O–H groups in total. The molecule has 0 bridgehead atoms. The predicted octanol–water partition coefficient (Wildman–Crippen LogP) is 0.884. The Hall–Kier alpha value is -0.210. The third-order valence-corrected chi connectivity index (χ3v) is 0.384. The van der Waals surface area contributed by atoms with Gasteiger partial charge in [-0.05, 0) is 6.08 Å². The summed E-state index contributed by atoms with van der Waals surface area (Å²) in [5, 5.41) is 0. The van der Waals surface area contributed by atoms with Gasteiger partial charge in [-0.3, -0.25) is 0 Å². The lowest BCUT2D eigenvalue weighted by Gasteiger charge is -1.80. The Morgan fingerprint density at radius 3 is 2.50 bits per heavy atom. The molecule has 36 valence electrons. The molecule has 3 heteroatoms. The quantitative estimate of drug-likeness (QED) is 0.429. The second kappa shape index (κ2) is 3.00. The molecule has 0 saturated heterocycles. The molecule has 2 nitrogen and oxygen atoms in total. The van der Waals surface area contributed by atoms with Crippen LogP contribution in [0.25, 0.3) is 0 Å². The summed E-state index contributed by atoms with van der Waals surface area (Å²) in [6, 6.07) is 0. The van der Waals surface area contributed by atoms with E-state index in [9.17, 15) is 0 Å². The van der Waals surface area contributed by atoms with Gasteiger partial charge in [-0.25, -0.2) is 0 Å². The van der Waals surface area contributed by atoms with Crippen LogP contribution >= 0.6 is 12.4 Å². The van der Waals surface area contributed by atoms with E-state index in [0.717, 1.165) is 0 Å². The highest BCUT2D eigenvalue weighted by Crippen LogP contribution is 1.88. The molecule has 1 rings (SSSR count). The van der Waals surface area contributed by atoms with Crippen LogP contribution in [-0.4, -0.2) is 6.61 Å². The summed E-state index contributed by atoms with van der Waals surface area (Å²) in [6.45, 7) is 0.597. The van der Waals surface area contributed by atoms with E-state index in [1.165, 1.54) is 6.26 Å². The third-order valence-electron chi connectivity index (χ3n) is 0.384. The Morgan fingerprint density at radius 1 is 1.50 bits per heavy atom. The molecule has 0 amide bonds. The van der Waals surface area contributed by atoms with Crippen LogP contribution in [-0.2, 0) is 9.78 Å². The van der Waals surface area contributed by atoms with Crippen LogP contribution in [0.4, 0.5) is 0 Å². The molecule has 0 atom stereocenters. The topological polar surface area (TPSA) is 18.5 Å². The van der Waals surface area contributed by atoms with Crippen molar-refractivity contribution in [3.63, 3.8) is 0 Å². The minimum absolute atomic E-state index is 0. The average molecular weight is 109 g/mol. The summed E-state index contributed by atoms with van der Waals surface area (Å²) >= 11 is 0. The van der Waals surface area contributed by atoms with Gasteiger partial charge < -0.3 is 4.89 Å². The molecule has 0 spiro atoms. The molecule has 1 aliphatic rings. The van der Waals surface area contributed by atoms with E-state index in [2.05, 4.69) is 9.78 Å². The normalized spacial score (nSPS) is 16.0. The maximum atomic E-state index is 4.33.